The molecule has 5 aliphatic rings. The lowest BCUT2D eigenvalue weighted by atomic mass is 9.33. The van der Waals surface area contributed by atoms with Gasteiger partial charge in [-0.1, -0.05) is 185 Å². The second kappa shape index (κ2) is 17.4. The van der Waals surface area contributed by atoms with Gasteiger partial charge in [0.25, 0.3) is 6.71 Å². The van der Waals surface area contributed by atoms with Crippen LogP contribution < -0.4 is 31.1 Å². The summed E-state index contributed by atoms with van der Waals surface area (Å²) in [7, 11) is 0. The summed E-state index contributed by atoms with van der Waals surface area (Å²) in [5, 5.41) is 0. The zero-order chi connectivity index (χ0) is 52.7. The monoisotopic (exact) mass is 994 g/mol. The highest BCUT2D eigenvalue weighted by Gasteiger charge is 2.57. The first-order valence-corrected chi connectivity index (χ1v) is 28.7. The van der Waals surface area contributed by atoms with Crippen LogP contribution in [0.15, 0.2) is 164 Å². The molecule has 2 aliphatic carbocycles. The van der Waals surface area contributed by atoms with Gasteiger partial charge in [-0.15, -0.1) is 0 Å². The van der Waals surface area contributed by atoms with Gasteiger partial charge in [0.15, 0.2) is 0 Å². The highest BCUT2D eigenvalue weighted by atomic mass is 15.3. The summed E-state index contributed by atoms with van der Waals surface area (Å²) in [6.07, 6.45) is 9.64. The maximum Gasteiger partial charge on any atom is 0.252 e. The summed E-state index contributed by atoms with van der Waals surface area (Å²) in [6, 6.07) is 64.4. The standard InChI is InChI=1S/C72H76BN3/c1-47-38-65-67-66(39-47)75(61-34-31-53(69(5,6)7)43-56(61)49-26-18-15-19-27-49)64-41-51-46-70(8,9)45-50(51)40-58(64)73(67)59-44-54(76-62-29-21-20-28-57(62)71(10)36-22-12-13-23-37-72(71,76)11)32-35-63(59)74(65)60-33-30-52(68(2,3)4)42-55(60)48-24-16-14-17-25-48/h14-21,24-35,38-44H,12-13,22-23,36-37,45-46H2,1-11H3. The highest BCUT2D eigenvalue weighted by molar-refractivity contribution is 7.00. The summed E-state index contributed by atoms with van der Waals surface area (Å²) >= 11 is 0. The van der Waals surface area contributed by atoms with Crippen molar-refractivity contribution in [3.8, 4) is 22.3 Å². The highest BCUT2D eigenvalue weighted by Crippen LogP contribution is 2.60. The Labute approximate surface area is 455 Å². The zero-order valence-electron chi connectivity index (χ0n) is 47.2. The number of hydrogen-bond acceptors (Lipinski definition) is 3. The van der Waals surface area contributed by atoms with E-state index in [1.165, 1.54) is 150 Å². The lowest BCUT2D eigenvalue weighted by molar-refractivity contribution is 0.218. The molecule has 1 fully saturated rings. The third-order valence-corrected chi connectivity index (χ3v) is 19.0. The van der Waals surface area contributed by atoms with E-state index in [1.54, 1.807) is 0 Å². The van der Waals surface area contributed by atoms with Gasteiger partial charge in [0.05, 0.1) is 16.9 Å². The molecule has 0 amide bonds. The average Bonchev–Trinajstić information content (AvgIpc) is 3.80. The van der Waals surface area contributed by atoms with Crippen molar-refractivity contribution in [2.75, 3.05) is 14.7 Å². The molecule has 3 aliphatic heterocycles. The van der Waals surface area contributed by atoms with Gasteiger partial charge in [0.1, 0.15) is 0 Å². The Hall–Kier alpha value is -6.78. The zero-order valence-corrected chi connectivity index (χ0v) is 47.2. The third-order valence-electron chi connectivity index (χ3n) is 19.0. The molecule has 0 saturated heterocycles. The van der Waals surface area contributed by atoms with Crippen LogP contribution in [0.5, 0.6) is 0 Å². The Kier molecular flexibility index (Phi) is 11.2. The molecule has 1 saturated carbocycles. The van der Waals surface area contributed by atoms with Gasteiger partial charge < -0.3 is 14.7 Å². The fourth-order valence-corrected chi connectivity index (χ4v) is 14.9. The fraction of sp³-hybridized carbons (Fsp3) is 0.333. The molecule has 2 unspecified atom stereocenters. The minimum Gasteiger partial charge on any atom is -0.334 e. The summed E-state index contributed by atoms with van der Waals surface area (Å²) in [4.78, 5) is 8.20. The number of fused-ring (bicyclic) bond motifs is 8. The van der Waals surface area contributed by atoms with E-state index < -0.39 is 0 Å². The molecule has 8 aromatic carbocycles. The van der Waals surface area contributed by atoms with Crippen LogP contribution in [0, 0.1) is 12.3 Å². The molecule has 0 aromatic heterocycles. The van der Waals surface area contributed by atoms with E-state index in [0.29, 0.717) is 0 Å². The normalized spacial score (nSPS) is 20.2. The van der Waals surface area contributed by atoms with E-state index in [4.69, 9.17) is 0 Å². The molecule has 8 aromatic rings. The Morgan fingerprint density at radius 1 is 0.447 bits per heavy atom. The van der Waals surface area contributed by atoms with Crippen molar-refractivity contribution in [1.82, 2.24) is 0 Å². The molecular weight excluding hydrogens is 918 g/mol. The lowest BCUT2D eigenvalue weighted by Gasteiger charge is -2.49. The lowest BCUT2D eigenvalue weighted by Crippen LogP contribution is -2.62. The van der Waals surface area contributed by atoms with Crippen LogP contribution >= 0.6 is 0 Å². The van der Waals surface area contributed by atoms with Crippen molar-refractivity contribution < 1.29 is 0 Å². The van der Waals surface area contributed by atoms with Crippen molar-refractivity contribution in [3.05, 3.63) is 197 Å². The van der Waals surface area contributed by atoms with E-state index in [0.717, 1.165) is 19.3 Å². The number of para-hydroxylation sites is 1. The maximum absolute atomic E-state index is 2.82. The maximum atomic E-state index is 2.82. The van der Waals surface area contributed by atoms with Crippen LogP contribution in [0.2, 0.25) is 0 Å². The van der Waals surface area contributed by atoms with Gasteiger partial charge in [0, 0.05) is 50.7 Å². The first-order valence-electron chi connectivity index (χ1n) is 28.7. The molecule has 382 valence electrons. The van der Waals surface area contributed by atoms with Crippen LogP contribution in [0.4, 0.5) is 45.5 Å². The predicted molar refractivity (Wildman–Crippen MR) is 327 cm³/mol. The SMILES string of the molecule is Cc1cc2c3c(c1)N(c1ccc(C(C)(C)C)cc1-c1ccccc1)c1cc4c(cc1B3c1cc(N3c5ccccc5C5(C)CCCCCCC35C)ccc1N2c1ccc(C(C)(C)C)cc1-c1ccccc1)CC(C)(C)C4. The Balaban J connectivity index is 1.14. The van der Waals surface area contributed by atoms with Crippen LogP contribution in [-0.4, -0.2) is 12.3 Å². The minimum atomic E-state index is -0.0934. The Morgan fingerprint density at radius 2 is 0.961 bits per heavy atom. The topological polar surface area (TPSA) is 9.72 Å². The minimum absolute atomic E-state index is 0.0190. The van der Waals surface area contributed by atoms with Crippen molar-refractivity contribution >= 4 is 68.6 Å². The number of nitrogens with zero attached hydrogens (tertiary/aromatic N) is 3. The van der Waals surface area contributed by atoms with Crippen LogP contribution in [0.1, 0.15) is 141 Å². The predicted octanol–water partition coefficient (Wildman–Crippen LogP) is 17.7. The molecule has 13 rings (SSSR count). The van der Waals surface area contributed by atoms with Gasteiger partial charge in [-0.3, -0.25) is 0 Å². The molecule has 3 heterocycles. The molecule has 0 N–H and O–H groups in total. The fourth-order valence-electron chi connectivity index (χ4n) is 14.9. The molecule has 0 bridgehead atoms. The van der Waals surface area contributed by atoms with E-state index in [9.17, 15) is 0 Å². The Bertz CT molecular complexity index is 3610. The van der Waals surface area contributed by atoms with E-state index in [-0.39, 0.29) is 33.9 Å². The van der Waals surface area contributed by atoms with E-state index in [2.05, 4.69) is 255 Å². The number of anilines is 8. The van der Waals surface area contributed by atoms with Gasteiger partial charge >= 0.3 is 0 Å². The smallest absolute Gasteiger partial charge is 0.252 e. The van der Waals surface area contributed by atoms with Crippen LogP contribution in [0.25, 0.3) is 22.3 Å². The van der Waals surface area contributed by atoms with E-state index in [1.807, 2.05) is 0 Å². The van der Waals surface area contributed by atoms with Gasteiger partial charge in [-0.2, -0.15) is 0 Å². The number of hydrogen-bond donors (Lipinski definition) is 0. The molecule has 2 atom stereocenters. The average molecular weight is 994 g/mol. The summed E-state index contributed by atoms with van der Waals surface area (Å²) in [5.74, 6) is 0. The van der Waals surface area contributed by atoms with Gasteiger partial charge in [-0.25, -0.2) is 0 Å². The van der Waals surface area contributed by atoms with Crippen LogP contribution in [0.3, 0.4) is 0 Å². The Morgan fingerprint density at radius 3 is 1.55 bits per heavy atom. The largest absolute Gasteiger partial charge is 0.334 e. The number of aryl methyl sites for hydroxylation is 1. The molecule has 3 nitrogen and oxygen atoms in total. The molecular formula is C72H76BN3. The second-order valence-corrected chi connectivity index (χ2v) is 26.8. The van der Waals surface area contributed by atoms with Crippen molar-refractivity contribution in [3.63, 3.8) is 0 Å². The van der Waals surface area contributed by atoms with Crippen LogP contribution in [-0.2, 0) is 29.1 Å². The first-order chi connectivity index (χ1) is 36.3. The first kappa shape index (κ1) is 48.8. The molecule has 0 radical (unpaired) electrons. The molecule has 0 spiro atoms. The number of benzene rings is 8. The van der Waals surface area contributed by atoms with Gasteiger partial charge in [0.2, 0.25) is 0 Å². The molecule has 76 heavy (non-hydrogen) atoms. The van der Waals surface area contributed by atoms with Crippen molar-refractivity contribution in [2.45, 2.75) is 149 Å². The molecule has 4 heteroatoms. The summed E-state index contributed by atoms with van der Waals surface area (Å²) < 4.78 is 0. The quantitative estimate of drug-likeness (QED) is 0.159. The second-order valence-electron chi connectivity index (χ2n) is 26.8. The van der Waals surface area contributed by atoms with Crippen molar-refractivity contribution in [1.29, 1.82) is 0 Å². The van der Waals surface area contributed by atoms with Gasteiger partial charge in [-0.05, 0) is 183 Å². The third kappa shape index (κ3) is 7.58. The summed E-state index contributed by atoms with van der Waals surface area (Å²) in [6.45, 7) is 26.5. The number of rotatable bonds is 5. The summed E-state index contributed by atoms with van der Waals surface area (Å²) in [5.41, 5.74) is 27.8. The van der Waals surface area contributed by atoms with E-state index >= 15 is 0 Å². The van der Waals surface area contributed by atoms with Crippen molar-refractivity contribution in [2.24, 2.45) is 5.41 Å².